The van der Waals surface area contributed by atoms with Crippen molar-refractivity contribution in [3.63, 3.8) is 0 Å². The first-order valence-electron chi connectivity index (χ1n) is 7.33. The first-order chi connectivity index (χ1) is 10.5. The van der Waals surface area contributed by atoms with Crippen LogP contribution in [-0.2, 0) is 6.42 Å². The molecule has 22 heavy (non-hydrogen) atoms. The lowest BCUT2D eigenvalue weighted by Crippen LogP contribution is -2.14. The third-order valence-corrected chi connectivity index (χ3v) is 3.70. The Kier molecular flexibility index (Phi) is 3.56. The normalized spacial score (nSPS) is 11.1. The van der Waals surface area contributed by atoms with E-state index in [9.17, 15) is 4.39 Å². The summed E-state index contributed by atoms with van der Waals surface area (Å²) >= 11 is 0. The van der Waals surface area contributed by atoms with Crippen molar-refractivity contribution in [3.05, 3.63) is 47.5 Å². The predicted molar refractivity (Wildman–Crippen MR) is 86.8 cm³/mol. The van der Waals surface area contributed by atoms with Crippen LogP contribution >= 0.6 is 0 Å². The Labute approximate surface area is 129 Å². The molecular weight excluding hydrogens is 279 g/mol. The summed E-state index contributed by atoms with van der Waals surface area (Å²) in [6, 6.07) is 8.52. The molecule has 0 fully saturated rings. The van der Waals surface area contributed by atoms with Crippen molar-refractivity contribution >= 4 is 11.5 Å². The number of aromatic nitrogens is 3. The fourth-order valence-corrected chi connectivity index (χ4v) is 2.64. The second-order valence-corrected chi connectivity index (χ2v) is 5.57. The number of benzene rings is 1. The van der Waals surface area contributed by atoms with E-state index in [1.165, 1.54) is 12.1 Å². The second-order valence-electron chi connectivity index (χ2n) is 5.57. The highest BCUT2D eigenvalue weighted by Gasteiger charge is 2.18. The number of anilines is 1. The van der Waals surface area contributed by atoms with Crippen LogP contribution in [0.3, 0.4) is 0 Å². The summed E-state index contributed by atoms with van der Waals surface area (Å²) in [6.45, 7) is 4.04. The van der Waals surface area contributed by atoms with Gasteiger partial charge in [0.2, 0.25) is 0 Å². The van der Waals surface area contributed by atoms with E-state index in [0.29, 0.717) is 0 Å². The van der Waals surface area contributed by atoms with Crippen LogP contribution in [0.2, 0.25) is 0 Å². The van der Waals surface area contributed by atoms with E-state index in [-0.39, 0.29) is 5.82 Å². The minimum atomic E-state index is -0.239. The number of hydrogen-bond donors (Lipinski definition) is 0. The van der Waals surface area contributed by atoms with Crippen LogP contribution in [-0.4, -0.2) is 28.7 Å². The summed E-state index contributed by atoms with van der Waals surface area (Å²) in [5.74, 6) is 0.738. The Balaban J connectivity index is 2.35. The molecule has 0 aliphatic rings. The van der Waals surface area contributed by atoms with Gasteiger partial charge in [-0.25, -0.2) is 9.37 Å². The number of hydrogen-bond acceptors (Lipinski definition) is 3. The van der Waals surface area contributed by atoms with Gasteiger partial charge in [0.25, 0.3) is 0 Å². The Bertz CT molecular complexity index is 819. The molecule has 3 aromatic rings. The molecule has 0 aliphatic carbocycles. The lowest BCUT2D eigenvalue weighted by molar-refractivity contribution is 0.628. The molecule has 2 aromatic heterocycles. The van der Waals surface area contributed by atoms with E-state index in [4.69, 9.17) is 5.10 Å². The molecule has 0 amide bonds. The first kappa shape index (κ1) is 14.5. The maximum atomic E-state index is 13.2. The molecule has 0 saturated carbocycles. The van der Waals surface area contributed by atoms with Crippen molar-refractivity contribution in [2.24, 2.45) is 0 Å². The lowest BCUT2D eigenvalue weighted by atomic mass is 10.0. The van der Waals surface area contributed by atoms with Gasteiger partial charge in [-0.15, -0.1) is 0 Å². The molecular formula is C17H19FN4. The maximum absolute atomic E-state index is 13.2. The van der Waals surface area contributed by atoms with Crippen LogP contribution in [0.4, 0.5) is 10.2 Å². The van der Waals surface area contributed by atoms with Crippen molar-refractivity contribution in [1.82, 2.24) is 14.6 Å². The van der Waals surface area contributed by atoms with E-state index < -0.39 is 0 Å². The standard InChI is InChI=1S/C17H19FN4/c1-5-14-16(12-6-8-13(18)9-7-12)17-19-11(2)10-15(21(3)4)22(17)20-14/h6-10H,5H2,1-4H3. The number of rotatable bonds is 3. The van der Waals surface area contributed by atoms with Crippen molar-refractivity contribution in [2.75, 3.05) is 19.0 Å². The molecule has 0 N–H and O–H groups in total. The van der Waals surface area contributed by atoms with Crippen LogP contribution in [0.5, 0.6) is 0 Å². The molecule has 0 radical (unpaired) electrons. The molecule has 0 saturated heterocycles. The summed E-state index contributed by atoms with van der Waals surface area (Å²) < 4.78 is 15.1. The van der Waals surface area contributed by atoms with Gasteiger partial charge in [-0.3, -0.25) is 0 Å². The van der Waals surface area contributed by atoms with Gasteiger partial charge >= 0.3 is 0 Å². The summed E-state index contributed by atoms with van der Waals surface area (Å²) in [5, 5.41) is 4.71. The van der Waals surface area contributed by atoms with Crippen LogP contribution in [0, 0.1) is 12.7 Å². The minimum absolute atomic E-state index is 0.239. The number of halogens is 1. The smallest absolute Gasteiger partial charge is 0.165 e. The Hall–Kier alpha value is -2.43. The molecule has 5 heteroatoms. The van der Waals surface area contributed by atoms with Gasteiger partial charge in [0, 0.05) is 31.4 Å². The van der Waals surface area contributed by atoms with Gasteiger partial charge < -0.3 is 4.90 Å². The van der Waals surface area contributed by atoms with Gasteiger partial charge in [-0.2, -0.15) is 9.61 Å². The molecule has 4 nitrogen and oxygen atoms in total. The molecule has 2 heterocycles. The van der Waals surface area contributed by atoms with Gasteiger partial charge in [0.05, 0.1) is 5.69 Å². The highest BCUT2D eigenvalue weighted by Crippen LogP contribution is 2.30. The highest BCUT2D eigenvalue weighted by atomic mass is 19.1. The quantitative estimate of drug-likeness (QED) is 0.742. The molecule has 0 bridgehead atoms. The van der Waals surface area contributed by atoms with E-state index in [1.807, 2.05) is 36.5 Å². The molecule has 3 rings (SSSR count). The Morgan fingerprint density at radius 3 is 2.45 bits per heavy atom. The Morgan fingerprint density at radius 1 is 1.18 bits per heavy atom. The SMILES string of the molecule is CCc1nn2c(N(C)C)cc(C)nc2c1-c1ccc(F)cc1. The van der Waals surface area contributed by atoms with E-state index in [0.717, 1.165) is 40.4 Å². The lowest BCUT2D eigenvalue weighted by Gasteiger charge is -2.14. The summed E-state index contributed by atoms with van der Waals surface area (Å²) in [4.78, 5) is 6.68. The molecule has 114 valence electrons. The third kappa shape index (κ3) is 2.32. The molecule has 0 aliphatic heterocycles. The van der Waals surface area contributed by atoms with E-state index >= 15 is 0 Å². The zero-order chi connectivity index (χ0) is 15.9. The average molecular weight is 298 g/mol. The van der Waals surface area contributed by atoms with Crippen LogP contribution in [0.15, 0.2) is 30.3 Å². The fourth-order valence-electron chi connectivity index (χ4n) is 2.64. The minimum Gasteiger partial charge on any atom is -0.363 e. The molecule has 0 spiro atoms. The van der Waals surface area contributed by atoms with Crippen LogP contribution < -0.4 is 4.90 Å². The maximum Gasteiger partial charge on any atom is 0.165 e. The van der Waals surface area contributed by atoms with Crippen molar-refractivity contribution in [2.45, 2.75) is 20.3 Å². The topological polar surface area (TPSA) is 33.4 Å². The van der Waals surface area contributed by atoms with E-state index in [1.54, 1.807) is 12.1 Å². The van der Waals surface area contributed by atoms with Crippen LogP contribution in [0.1, 0.15) is 18.3 Å². The zero-order valence-corrected chi connectivity index (χ0v) is 13.3. The first-order valence-corrected chi connectivity index (χ1v) is 7.33. The fraction of sp³-hybridized carbons (Fsp3) is 0.294. The highest BCUT2D eigenvalue weighted by molar-refractivity contribution is 5.81. The molecule has 1 aromatic carbocycles. The third-order valence-electron chi connectivity index (χ3n) is 3.70. The number of fused-ring (bicyclic) bond motifs is 1. The predicted octanol–water partition coefficient (Wildman–Crippen LogP) is 3.47. The van der Waals surface area contributed by atoms with Crippen LogP contribution in [0.25, 0.3) is 16.8 Å². The van der Waals surface area contributed by atoms with Crippen molar-refractivity contribution < 1.29 is 4.39 Å². The van der Waals surface area contributed by atoms with E-state index in [2.05, 4.69) is 11.9 Å². The summed E-state index contributed by atoms with van der Waals surface area (Å²) in [6.07, 6.45) is 0.794. The number of aryl methyl sites for hydroxylation is 2. The van der Waals surface area contributed by atoms with Crippen molar-refractivity contribution in [3.8, 4) is 11.1 Å². The monoisotopic (exact) mass is 298 g/mol. The average Bonchev–Trinajstić information content (AvgIpc) is 2.85. The number of nitrogens with zero attached hydrogens (tertiary/aromatic N) is 4. The zero-order valence-electron chi connectivity index (χ0n) is 13.3. The Morgan fingerprint density at radius 2 is 1.86 bits per heavy atom. The van der Waals surface area contributed by atoms with Gasteiger partial charge in [0.1, 0.15) is 11.6 Å². The van der Waals surface area contributed by atoms with Gasteiger partial charge in [-0.1, -0.05) is 19.1 Å². The van der Waals surface area contributed by atoms with Crippen molar-refractivity contribution in [1.29, 1.82) is 0 Å². The van der Waals surface area contributed by atoms with Gasteiger partial charge in [-0.05, 0) is 31.0 Å². The molecule has 0 atom stereocenters. The molecule has 0 unspecified atom stereocenters. The summed E-state index contributed by atoms with van der Waals surface area (Å²) in [7, 11) is 3.97. The summed E-state index contributed by atoms with van der Waals surface area (Å²) in [5.41, 5.74) is 4.63. The second kappa shape index (κ2) is 5.40. The van der Waals surface area contributed by atoms with Gasteiger partial charge in [0.15, 0.2) is 5.65 Å². The largest absolute Gasteiger partial charge is 0.363 e.